The Morgan fingerprint density at radius 3 is 2.45 bits per heavy atom. The summed E-state index contributed by atoms with van der Waals surface area (Å²) in [6.07, 6.45) is 2.65. The fourth-order valence-corrected chi connectivity index (χ4v) is 2.18. The number of benzene rings is 1. The van der Waals surface area contributed by atoms with Gasteiger partial charge in [0.2, 0.25) is 11.8 Å². The van der Waals surface area contributed by atoms with Crippen molar-refractivity contribution in [2.24, 2.45) is 5.73 Å². The van der Waals surface area contributed by atoms with Crippen LogP contribution >= 0.6 is 0 Å². The lowest BCUT2D eigenvalue weighted by atomic mass is 10.1. The molecule has 1 heterocycles. The molecule has 0 saturated carbocycles. The Morgan fingerprint density at radius 1 is 1.05 bits per heavy atom. The van der Waals surface area contributed by atoms with Crippen molar-refractivity contribution in [3.05, 3.63) is 60.1 Å². The fourth-order valence-electron chi connectivity index (χ4n) is 2.18. The molecule has 0 aliphatic rings. The summed E-state index contributed by atoms with van der Waals surface area (Å²) in [5.74, 6) is 0.362. The number of hydrogen-bond donors (Lipinski definition) is 1. The molecular weight excluding hydrogens is 280 g/mol. The first kappa shape index (κ1) is 15.8. The lowest BCUT2D eigenvalue weighted by Crippen LogP contribution is -2.33. The number of nitrogens with two attached hydrogens (primary N) is 1. The molecule has 5 nitrogen and oxygen atoms in total. The first-order valence-corrected chi connectivity index (χ1v) is 7.27. The van der Waals surface area contributed by atoms with Crippen molar-refractivity contribution in [1.29, 1.82) is 0 Å². The molecule has 1 aromatic carbocycles. The number of nitrogens with zero attached hydrogens (tertiary/aromatic N) is 1. The molecule has 0 aliphatic carbocycles. The monoisotopic (exact) mass is 300 g/mol. The molecule has 0 atom stereocenters. The van der Waals surface area contributed by atoms with E-state index in [4.69, 9.17) is 10.2 Å². The second kappa shape index (κ2) is 8.02. The van der Waals surface area contributed by atoms with Crippen LogP contribution in [0.5, 0.6) is 0 Å². The van der Waals surface area contributed by atoms with Gasteiger partial charge >= 0.3 is 0 Å². The average molecular weight is 300 g/mol. The van der Waals surface area contributed by atoms with Gasteiger partial charge in [0.05, 0.1) is 6.26 Å². The molecule has 22 heavy (non-hydrogen) atoms. The summed E-state index contributed by atoms with van der Waals surface area (Å²) in [5, 5.41) is 0. The van der Waals surface area contributed by atoms with Crippen LogP contribution in [0.25, 0.3) is 0 Å². The second-order valence-corrected chi connectivity index (χ2v) is 5.10. The second-order valence-electron chi connectivity index (χ2n) is 5.10. The van der Waals surface area contributed by atoms with Crippen molar-refractivity contribution in [3.63, 3.8) is 0 Å². The Hall–Kier alpha value is -2.56. The quantitative estimate of drug-likeness (QED) is 0.811. The van der Waals surface area contributed by atoms with Crippen LogP contribution in [-0.2, 0) is 22.6 Å². The van der Waals surface area contributed by atoms with E-state index in [9.17, 15) is 9.59 Å². The molecule has 5 heteroatoms. The van der Waals surface area contributed by atoms with Crippen molar-refractivity contribution in [1.82, 2.24) is 4.90 Å². The molecule has 0 saturated heterocycles. The minimum atomic E-state index is -0.406. The molecule has 2 amide bonds. The van der Waals surface area contributed by atoms with Gasteiger partial charge in [-0.25, -0.2) is 0 Å². The van der Waals surface area contributed by atoms with Crippen LogP contribution in [0.4, 0.5) is 0 Å². The maximum absolute atomic E-state index is 12.4. The highest BCUT2D eigenvalue weighted by Gasteiger charge is 2.15. The summed E-state index contributed by atoms with van der Waals surface area (Å²) in [7, 11) is 0. The highest BCUT2D eigenvalue weighted by Crippen LogP contribution is 2.10. The number of aryl methyl sites for hydroxylation is 1. The zero-order valence-corrected chi connectivity index (χ0v) is 12.4. The third-order valence-electron chi connectivity index (χ3n) is 3.36. The third-order valence-corrected chi connectivity index (χ3v) is 3.36. The summed E-state index contributed by atoms with van der Waals surface area (Å²) in [5.41, 5.74) is 6.22. The van der Waals surface area contributed by atoms with Crippen molar-refractivity contribution in [2.45, 2.75) is 25.8 Å². The molecule has 0 spiro atoms. The van der Waals surface area contributed by atoms with Crippen LogP contribution in [0.15, 0.2) is 53.1 Å². The minimum Gasteiger partial charge on any atom is -0.469 e. The van der Waals surface area contributed by atoms with E-state index in [1.807, 2.05) is 36.4 Å². The number of furan rings is 1. The van der Waals surface area contributed by atoms with Crippen LogP contribution < -0.4 is 5.73 Å². The number of primary amides is 1. The zero-order valence-electron chi connectivity index (χ0n) is 12.4. The van der Waals surface area contributed by atoms with Gasteiger partial charge in [-0.2, -0.15) is 0 Å². The number of carbonyl (C=O) groups excluding carboxylic acids is 2. The van der Waals surface area contributed by atoms with Crippen LogP contribution in [-0.4, -0.2) is 23.3 Å². The van der Waals surface area contributed by atoms with E-state index in [0.29, 0.717) is 25.9 Å². The van der Waals surface area contributed by atoms with Gasteiger partial charge in [-0.05, 0) is 17.7 Å². The minimum absolute atomic E-state index is 0.0125. The Kier molecular flexibility index (Phi) is 5.77. The van der Waals surface area contributed by atoms with Gasteiger partial charge in [0.25, 0.3) is 0 Å². The van der Waals surface area contributed by atoms with Crippen LogP contribution in [0, 0.1) is 0 Å². The van der Waals surface area contributed by atoms with Crippen molar-refractivity contribution >= 4 is 11.8 Å². The Bertz CT molecular complexity index is 594. The zero-order chi connectivity index (χ0) is 15.8. The largest absolute Gasteiger partial charge is 0.469 e. The van der Waals surface area contributed by atoms with Crippen molar-refractivity contribution in [3.8, 4) is 0 Å². The highest BCUT2D eigenvalue weighted by atomic mass is 16.3. The van der Waals surface area contributed by atoms with E-state index in [0.717, 1.165) is 11.3 Å². The van der Waals surface area contributed by atoms with Gasteiger partial charge in [0, 0.05) is 32.4 Å². The predicted molar refractivity (Wildman–Crippen MR) is 82.7 cm³/mol. The summed E-state index contributed by atoms with van der Waals surface area (Å²) >= 11 is 0. The summed E-state index contributed by atoms with van der Waals surface area (Å²) in [4.78, 5) is 25.0. The lowest BCUT2D eigenvalue weighted by molar-refractivity contribution is -0.132. The molecular formula is C17H20N2O3. The molecule has 2 N–H and O–H groups in total. The maximum Gasteiger partial charge on any atom is 0.223 e. The summed E-state index contributed by atoms with van der Waals surface area (Å²) in [6.45, 7) is 0.812. The van der Waals surface area contributed by atoms with E-state index >= 15 is 0 Å². The number of hydrogen-bond acceptors (Lipinski definition) is 3. The SMILES string of the molecule is NC(=O)CCN(Cc1ccccc1)C(=O)CCc1ccco1. The average Bonchev–Trinajstić information content (AvgIpc) is 3.03. The smallest absolute Gasteiger partial charge is 0.223 e. The Morgan fingerprint density at radius 2 is 1.82 bits per heavy atom. The van der Waals surface area contributed by atoms with Crippen molar-refractivity contribution in [2.75, 3.05) is 6.54 Å². The Balaban J connectivity index is 1.95. The lowest BCUT2D eigenvalue weighted by Gasteiger charge is -2.22. The van der Waals surface area contributed by atoms with Gasteiger partial charge in [-0.15, -0.1) is 0 Å². The molecule has 2 aromatic rings. The first-order valence-electron chi connectivity index (χ1n) is 7.27. The number of rotatable bonds is 8. The van der Waals surface area contributed by atoms with E-state index in [1.54, 1.807) is 17.2 Å². The van der Waals surface area contributed by atoms with E-state index in [2.05, 4.69) is 0 Å². The molecule has 0 aliphatic heterocycles. The highest BCUT2D eigenvalue weighted by molar-refractivity contribution is 5.78. The number of carbonyl (C=O) groups is 2. The van der Waals surface area contributed by atoms with Crippen molar-refractivity contribution < 1.29 is 14.0 Å². The predicted octanol–water partition coefficient (Wildman–Crippen LogP) is 2.12. The first-order chi connectivity index (χ1) is 10.6. The topological polar surface area (TPSA) is 76.5 Å². The normalized spacial score (nSPS) is 10.4. The van der Waals surface area contributed by atoms with E-state index in [1.165, 1.54) is 0 Å². The van der Waals surface area contributed by atoms with Gasteiger partial charge in [-0.3, -0.25) is 9.59 Å². The van der Waals surface area contributed by atoms with E-state index in [-0.39, 0.29) is 12.3 Å². The van der Waals surface area contributed by atoms with Gasteiger partial charge in [0.1, 0.15) is 5.76 Å². The molecule has 0 unspecified atom stereocenters. The standard InChI is InChI=1S/C17H20N2O3/c18-16(20)10-11-19(13-14-5-2-1-3-6-14)17(21)9-8-15-7-4-12-22-15/h1-7,12H,8-11,13H2,(H2,18,20). The molecule has 1 aromatic heterocycles. The van der Waals surface area contributed by atoms with Crippen LogP contribution in [0.1, 0.15) is 24.2 Å². The maximum atomic E-state index is 12.4. The molecule has 116 valence electrons. The number of amides is 2. The fraction of sp³-hybridized carbons (Fsp3) is 0.294. The van der Waals surface area contributed by atoms with Gasteiger partial charge in [0.15, 0.2) is 0 Å². The van der Waals surface area contributed by atoms with Crippen LogP contribution in [0.2, 0.25) is 0 Å². The summed E-state index contributed by atoms with van der Waals surface area (Å²) in [6, 6.07) is 13.3. The third kappa shape index (κ3) is 5.09. The molecule has 2 rings (SSSR count). The van der Waals surface area contributed by atoms with E-state index < -0.39 is 5.91 Å². The summed E-state index contributed by atoms with van der Waals surface area (Å²) < 4.78 is 5.24. The molecule has 0 radical (unpaired) electrons. The Labute approximate surface area is 129 Å². The molecule has 0 bridgehead atoms. The van der Waals surface area contributed by atoms with Gasteiger partial charge in [-0.1, -0.05) is 30.3 Å². The van der Waals surface area contributed by atoms with Gasteiger partial charge < -0.3 is 15.1 Å². The van der Waals surface area contributed by atoms with Crippen LogP contribution in [0.3, 0.4) is 0 Å². The molecule has 0 fully saturated rings.